The maximum absolute atomic E-state index is 2.45. The van der Waals surface area contributed by atoms with Gasteiger partial charge in [0.25, 0.3) is 0 Å². The summed E-state index contributed by atoms with van der Waals surface area (Å²) in [6.45, 7) is 0. The van der Waals surface area contributed by atoms with E-state index in [1.54, 1.807) is 0 Å². The van der Waals surface area contributed by atoms with E-state index in [0.29, 0.717) is 0 Å². The topological polar surface area (TPSA) is 3.24 Å². The van der Waals surface area contributed by atoms with E-state index in [-0.39, 0.29) is 0 Å². The van der Waals surface area contributed by atoms with Crippen molar-refractivity contribution in [2.24, 2.45) is 0 Å². The van der Waals surface area contributed by atoms with Crippen LogP contribution in [-0.2, 0) is 5.41 Å². The van der Waals surface area contributed by atoms with Crippen LogP contribution in [0.1, 0.15) is 22.3 Å². The van der Waals surface area contributed by atoms with Crippen LogP contribution in [0.2, 0.25) is 0 Å². The van der Waals surface area contributed by atoms with Crippen molar-refractivity contribution in [2.45, 2.75) is 5.41 Å². The van der Waals surface area contributed by atoms with Gasteiger partial charge >= 0.3 is 0 Å². The molecule has 0 amide bonds. The van der Waals surface area contributed by atoms with E-state index in [2.05, 4.69) is 290 Å². The molecule has 0 unspecified atom stereocenters. The molecule has 0 spiro atoms. The largest absolute Gasteiger partial charge is 0.310 e. The Kier molecular flexibility index (Phi) is 10.5. The number of benzene rings is 11. The third-order valence-corrected chi connectivity index (χ3v) is 13.8. The highest BCUT2D eigenvalue weighted by Crippen LogP contribution is 2.57. The fourth-order valence-electron chi connectivity index (χ4n) is 10.8. The summed E-state index contributed by atoms with van der Waals surface area (Å²) in [4.78, 5) is 2.43. The molecule has 1 aliphatic rings. The Hall–Kier alpha value is -8.78. The molecule has 68 heavy (non-hydrogen) atoms. The normalized spacial score (nSPS) is 12.2. The molecule has 0 heterocycles. The maximum Gasteiger partial charge on any atom is 0.0714 e. The first-order chi connectivity index (χ1) is 33.8. The first-order valence-electron chi connectivity index (χ1n) is 23.5. The van der Waals surface area contributed by atoms with E-state index in [1.165, 1.54) is 83.5 Å². The van der Waals surface area contributed by atoms with Crippen molar-refractivity contribution in [3.8, 4) is 66.8 Å². The lowest BCUT2D eigenvalue weighted by Gasteiger charge is -2.35. The SMILES string of the molecule is c1ccc(-c2ccc(N(c3ccc(-c4cccc(-c5ccccc5)c4-c4ccccc4-c4ccccc4)cc3)c3ccc4c(c3)C(c3ccccc3)(c3ccccc3)c3ccccc3-4)cc2)cc1. The molecule has 0 saturated carbocycles. The molecule has 0 aromatic heterocycles. The lowest BCUT2D eigenvalue weighted by atomic mass is 9.67. The molecule has 320 valence electrons. The molecule has 1 nitrogen and oxygen atoms in total. The minimum Gasteiger partial charge on any atom is -0.310 e. The number of nitrogens with zero attached hydrogens (tertiary/aromatic N) is 1. The summed E-state index contributed by atoms with van der Waals surface area (Å²) in [6.07, 6.45) is 0. The minimum atomic E-state index is -0.520. The first kappa shape index (κ1) is 40.7. The van der Waals surface area contributed by atoms with Gasteiger partial charge in [0.2, 0.25) is 0 Å². The standard InChI is InChI=1S/C67H47N/c1-6-21-48(22-7-1)49-37-41-55(42-38-49)68(57-45-46-62-61-32-18-19-36-64(61)67(65(62)47-57,53-27-12-4-13-28-53)54-29-14-5-15-30-54)56-43-39-52(40-44-56)60-35-20-34-59(51-25-10-3-11-26-51)66(60)63-33-17-16-31-58(63)50-23-8-2-9-24-50/h1-47H. The third-order valence-electron chi connectivity index (χ3n) is 13.8. The van der Waals surface area contributed by atoms with Crippen LogP contribution in [0.3, 0.4) is 0 Å². The molecule has 0 aliphatic heterocycles. The summed E-state index contributed by atoms with van der Waals surface area (Å²) in [5.74, 6) is 0. The van der Waals surface area contributed by atoms with Crippen molar-refractivity contribution >= 4 is 17.1 Å². The van der Waals surface area contributed by atoms with Crippen molar-refractivity contribution in [1.29, 1.82) is 0 Å². The summed E-state index contributed by atoms with van der Waals surface area (Å²) in [7, 11) is 0. The zero-order valence-corrected chi connectivity index (χ0v) is 37.6. The highest BCUT2D eigenvalue weighted by Gasteiger charge is 2.46. The van der Waals surface area contributed by atoms with Gasteiger partial charge in [0.1, 0.15) is 0 Å². The number of fused-ring (bicyclic) bond motifs is 3. The van der Waals surface area contributed by atoms with Crippen LogP contribution in [0.25, 0.3) is 66.8 Å². The molecule has 0 radical (unpaired) electrons. The lowest BCUT2D eigenvalue weighted by Crippen LogP contribution is -2.28. The third kappa shape index (κ3) is 7.05. The Morgan fingerprint density at radius 3 is 1.15 bits per heavy atom. The Morgan fingerprint density at radius 1 is 0.221 bits per heavy atom. The Bertz CT molecular complexity index is 3470. The van der Waals surface area contributed by atoms with Crippen LogP contribution in [0.15, 0.2) is 285 Å². The van der Waals surface area contributed by atoms with Gasteiger partial charge in [-0.3, -0.25) is 0 Å². The second kappa shape index (κ2) is 17.5. The van der Waals surface area contributed by atoms with E-state index < -0.39 is 5.41 Å². The van der Waals surface area contributed by atoms with Gasteiger partial charge in [-0.25, -0.2) is 0 Å². The van der Waals surface area contributed by atoms with Gasteiger partial charge in [-0.15, -0.1) is 0 Å². The quantitative estimate of drug-likeness (QED) is 0.132. The predicted octanol–water partition coefficient (Wildman–Crippen LogP) is 17.9. The molecular formula is C67H47N. The van der Waals surface area contributed by atoms with Crippen molar-refractivity contribution in [3.63, 3.8) is 0 Å². The average molecular weight is 866 g/mol. The predicted molar refractivity (Wildman–Crippen MR) is 286 cm³/mol. The smallest absolute Gasteiger partial charge is 0.0714 e. The zero-order chi connectivity index (χ0) is 45.3. The zero-order valence-electron chi connectivity index (χ0n) is 37.6. The monoisotopic (exact) mass is 865 g/mol. The molecule has 1 aliphatic carbocycles. The fraction of sp³-hybridized carbons (Fsp3) is 0.0149. The molecule has 0 N–H and O–H groups in total. The highest BCUT2D eigenvalue weighted by molar-refractivity contribution is 6.00. The molecule has 11 aromatic rings. The van der Waals surface area contributed by atoms with E-state index >= 15 is 0 Å². The van der Waals surface area contributed by atoms with Gasteiger partial charge in [-0.1, -0.05) is 249 Å². The summed E-state index contributed by atoms with van der Waals surface area (Å²) < 4.78 is 0. The number of hydrogen-bond acceptors (Lipinski definition) is 1. The Labute approximate surface area is 399 Å². The molecule has 0 bridgehead atoms. The van der Waals surface area contributed by atoms with Gasteiger partial charge in [0.05, 0.1) is 5.41 Å². The molecular weight excluding hydrogens is 819 g/mol. The van der Waals surface area contributed by atoms with Crippen LogP contribution in [-0.4, -0.2) is 0 Å². The van der Waals surface area contributed by atoms with Gasteiger partial charge in [0, 0.05) is 17.1 Å². The highest BCUT2D eigenvalue weighted by atomic mass is 15.1. The van der Waals surface area contributed by atoms with Crippen LogP contribution in [0, 0.1) is 0 Å². The lowest BCUT2D eigenvalue weighted by molar-refractivity contribution is 0.768. The molecule has 1 heteroatoms. The second-order valence-electron chi connectivity index (χ2n) is 17.6. The molecule has 11 aromatic carbocycles. The molecule has 0 atom stereocenters. The molecule has 12 rings (SSSR count). The second-order valence-corrected chi connectivity index (χ2v) is 17.6. The van der Waals surface area contributed by atoms with Crippen molar-refractivity contribution in [3.05, 3.63) is 307 Å². The van der Waals surface area contributed by atoms with Crippen molar-refractivity contribution in [2.75, 3.05) is 4.90 Å². The van der Waals surface area contributed by atoms with E-state index in [1.807, 2.05) is 0 Å². The fourth-order valence-corrected chi connectivity index (χ4v) is 10.8. The van der Waals surface area contributed by atoms with Gasteiger partial charge in [0.15, 0.2) is 0 Å². The van der Waals surface area contributed by atoms with Gasteiger partial charge in [-0.2, -0.15) is 0 Å². The minimum absolute atomic E-state index is 0.520. The van der Waals surface area contributed by atoms with Gasteiger partial charge in [-0.05, 0) is 125 Å². The number of rotatable bonds is 10. The van der Waals surface area contributed by atoms with Crippen LogP contribution >= 0.6 is 0 Å². The maximum atomic E-state index is 2.45. The van der Waals surface area contributed by atoms with E-state index in [9.17, 15) is 0 Å². The Balaban J connectivity index is 1.04. The van der Waals surface area contributed by atoms with Gasteiger partial charge < -0.3 is 4.90 Å². The summed E-state index contributed by atoms with van der Waals surface area (Å²) >= 11 is 0. The van der Waals surface area contributed by atoms with E-state index in [0.717, 1.165) is 22.6 Å². The Morgan fingerprint density at radius 2 is 0.588 bits per heavy atom. The number of anilines is 3. The van der Waals surface area contributed by atoms with Crippen molar-refractivity contribution < 1.29 is 0 Å². The first-order valence-corrected chi connectivity index (χ1v) is 23.5. The summed E-state index contributed by atoms with van der Waals surface area (Å²) in [5, 5.41) is 0. The number of hydrogen-bond donors (Lipinski definition) is 0. The van der Waals surface area contributed by atoms with E-state index in [4.69, 9.17) is 0 Å². The van der Waals surface area contributed by atoms with Crippen LogP contribution in [0.4, 0.5) is 17.1 Å². The molecule has 0 saturated heterocycles. The van der Waals surface area contributed by atoms with Crippen molar-refractivity contribution in [1.82, 2.24) is 0 Å². The average Bonchev–Trinajstić information content (AvgIpc) is 3.73. The van der Waals surface area contributed by atoms with Crippen LogP contribution in [0.5, 0.6) is 0 Å². The summed E-state index contributed by atoms with van der Waals surface area (Å²) in [6, 6.07) is 104. The summed E-state index contributed by atoms with van der Waals surface area (Å²) in [5.41, 5.74) is 22.3. The molecule has 0 fully saturated rings. The van der Waals surface area contributed by atoms with Crippen LogP contribution < -0.4 is 4.90 Å².